The average Bonchev–Trinajstić information content (AvgIpc) is 3.47. The van der Waals surface area contributed by atoms with Gasteiger partial charge < -0.3 is 19.6 Å². The number of aryl methyl sites for hydroxylation is 2. The lowest BCUT2D eigenvalue weighted by molar-refractivity contribution is 0.146. The fraction of sp³-hybridized carbons (Fsp3) is 0.440. The SMILES string of the molecule is CCOc1nn(CCO)c2c1/C=C/c1[nH]nc3c(=O)[nH]c(cc13)-c1c(C)nn(C)c1OC(C)CN(C)C2. The number of pyridine rings is 1. The van der Waals surface area contributed by atoms with E-state index in [4.69, 9.17) is 9.47 Å². The molecule has 5 rings (SSSR count). The Morgan fingerprint density at radius 2 is 2.08 bits per heavy atom. The molecule has 0 saturated carbocycles. The standard InChI is InChI=1S/C25H32N8O4/c1-6-36-24-16-7-8-18-17-11-19(26-23(35)22(17)28-27-18)21-15(3)29-32(5)25(21)37-14(2)12-31(4)13-20(16)33(30-24)9-10-34/h7-8,11,14,34H,6,9-10,12-13H2,1-5H3,(H,26,35)(H,27,28)/b8-7+. The van der Waals surface area contributed by atoms with Crippen molar-refractivity contribution in [3.8, 4) is 23.0 Å². The van der Waals surface area contributed by atoms with E-state index in [1.165, 1.54) is 0 Å². The molecule has 4 aromatic heterocycles. The van der Waals surface area contributed by atoms with Crippen molar-refractivity contribution in [2.45, 2.75) is 40.0 Å². The summed E-state index contributed by atoms with van der Waals surface area (Å²) in [6.45, 7) is 7.70. The van der Waals surface area contributed by atoms with Crippen molar-refractivity contribution >= 4 is 23.1 Å². The largest absolute Gasteiger partial charge is 0.476 e. The van der Waals surface area contributed by atoms with Crippen LogP contribution >= 0.6 is 0 Å². The highest BCUT2D eigenvalue weighted by atomic mass is 16.5. The van der Waals surface area contributed by atoms with E-state index < -0.39 is 0 Å². The number of ether oxygens (including phenoxy) is 2. The Balaban J connectivity index is 1.74. The Hall–Kier alpha value is -3.90. The number of fused-ring (bicyclic) bond motifs is 4. The Kier molecular flexibility index (Phi) is 6.61. The normalized spacial score (nSPS) is 17.2. The van der Waals surface area contributed by atoms with Gasteiger partial charge in [0.2, 0.25) is 11.8 Å². The van der Waals surface area contributed by atoms with Crippen LogP contribution in [0.3, 0.4) is 0 Å². The van der Waals surface area contributed by atoms with E-state index in [1.807, 2.05) is 53.1 Å². The van der Waals surface area contributed by atoms with E-state index in [1.54, 1.807) is 9.36 Å². The predicted molar refractivity (Wildman–Crippen MR) is 139 cm³/mol. The monoisotopic (exact) mass is 508 g/mol. The molecule has 2 bridgehead atoms. The first-order chi connectivity index (χ1) is 17.8. The Morgan fingerprint density at radius 1 is 1.27 bits per heavy atom. The maximum absolute atomic E-state index is 13.0. The predicted octanol–water partition coefficient (Wildman–Crippen LogP) is 1.93. The maximum atomic E-state index is 13.0. The third-order valence-electron chi connectivity index (χ3n) is 6.40. The van der Waals surface area contributed by atoms with Crippen LogP contribution in [0, 0.1) is 6.92 Å². The Morgan fingerprint density at radius 3 is 2.84 bits per heavy atom. The van der Waals surface area contributed by atoms with Crippen molar-refractivity contribution in [1.29, 1.82) is 0 Å². The summed E-state index contributed by atoms with van der Waals surface area (Å²) in [4.78, 5) is 18.1. The van der Waals surface area contributed by atoms with Crippen molar-refractivity contribution < 1.29 is 14.6 Å². The van der Waals surface area contributed by atoms with Gasteiger partial charge in [0.15, 0.2) is 5.52 Å². The number of hydrogen-bond donors (Lipinski definition) is 3. The van der Waals surface area contributed by atoms with Crippen molar-refractivity contribution in [2.75, 3.05) is 26.8 Å². The van der Waals surface area contributed by atoms with Crippen LogP contribution in [0.2, 0.25) is 0 Å². The first kappa shape index (κ1) is 24.8. The van der Waals surface area contributed by atoms with Gasteiger partial charge in [-0.25, -0.2) is 4.68 Å². The van der Waals surface area contributed by atoms with Crippen LogP contribution in [0.5, 0.6) is 11.8 Å². The lowest BCUT2D eigenvalue weighted by Gasteiger charge is -2.23. The molecule has 196 valence electrons. The number of aliphatic hydroxyl groups is 1. The van der Waals surface area contributed by atoms with E-state index in [0.29, 0.717) is 60.3 Å². The van der Waals surface area contributed by atoms with Gasteiger partial charge >= 0.3 is 0 Å². The molecule has 4 aromatic rings. The number of nitrogens with zero attached hydrogens (tertiary/aromatic N) is 6. The highest BCUT2D eigenvalue weighted by molar-refractivity contribution is 5.92. The molecule has 1 unspecified atom stereocenters. The second-order valence-electron chi connectivity index (χ2n) is 9.30. The van der Waals surface area contributed by atoms with Gasteiger partial charge in [0.1, 0.15) is 6.10 Å². The van der Waals surface area contributed by atoms with Gasteiger partial charge in [-0.2, -0.15) is 10.2 Å². The van der Waals surface area contributed by atoms with Gasteiger partial charge in [-0.1, -0.05) is 0 Å². The number of likely N-dealkylation sites (N-methyl/N-ethyl adjacent to an activating group) is 1. The second-order valence-corrected chi connectivity index (χ2v) is 9.30. The van der Waals surface area contributed by atoms with Crippen molar-refractivity contribution in [1.82, 2.24) is 39.6 Å². The van der Waals surface area contributed by atoms with Crippen LogP contribution in [0.1, 0.15) is 36.5 Å². The molecular formula is C25H32N8O4. The highest BCUT2D eigenvalue weighted by Crippen LogP contribution is 2.34. The maximum Gasteiger partial charge on any atom is 0.276 e. The number of aromatic nitrogens is 7. The number of hydrogen-bond acceptors (Lipinski definition) is 8. The summed E-state index contributed by atoms with van der Waals surface area (Å²) in [6, 6.07) is 1.90. The topological polar surface area (TPSA) is 139 Å². The van der Waals surface area contributed by atoms with Crippen molar-refractivity contribution in [3.05, 3.63) is 39.1 Å². The molecule has 1 atom stereocenters. The fourth-order valence-corrected chi connectivity index (χ4v) is 4.89. The zero-order chi connectivity index (χ0) is 26.3. The molecule has 0 spiro atoms. The summed E-state index contributed by atoms with van der Waals surface area (Å²) < 4.78 is 15.7. The molecule has 0 fully saturated rings. The summed E-state index contributed by atoms with van der Waals surface area (Å²) in [5.41, 5.74) is 4.48. The number of aliphatic hydroxyl groups excluding tert-OH is 1. The quantitative estimate of drug-likeness (QED) is 0.380. The van der Waals surface area contributed by atoms with Crippen LogP contribution in [0.15, 0.2) is 10.9 Å². The molecule has 0 aromatic carbocycles. The molecule has 1 aliphatic rings. The smallest absolute Gasteiger partial charge is 0.276 e. The third-order valence-corrected chi connectivity index (χ3v) is 6.40. The molecule has 12 nitrogen and oxygen atoms in total. The minimum Gasteiger partial charge on any atom is -0.476 e. The molecular weight excluding hydrogens is 476 g/mol. The molecule has 1 aliphatic heterocycles. The number of nitrogens with one attached hydrogen (secondary N) is 2. The Labute approximate surface area is 213 Å². The molecule has 0 amide bonds. The van der Waals surface area contributed by atoms with Gasteiger partial charge in [-0.05, 0) is 46.0 Å². The van der Waals surface area contributed by atoms with Crippen LogP contribution < -0.4 is 15.0 Å². The summed E-state index contributed by atoms with van der Waals surface area (Å²) in [5, 5.41) is 26.8. The van der Waals surface area contributed by atoms with E-state index in [0.717, 1.165) is 22.5 Å². The fourth-order valence-electron chi connectivity index (χ4n) is 4.89. The van der Waals surface area contributed by atoms with E-state index in [2.05, 4.69) is 30.3 Å². The molecule has 0 radical (unpaired) electrons. The van der Waals surface area contributed by atoms with E-state index >= 15 is 0 Å². The first-order valence-electron chi connectivity index (χ1n) is 12.3. The van der Waals surface area contributed by atoms with Gasteiger partial charge in [0, 0.05) is 25.5 Å². The molecule has 0 aliphatic carbocycles. The van der Waals surface area contributed by atoms with Crippen LogP contribution in [-0.4, -0.2) is 77.7 Å². The van der Waals surface area contributed by atoms with E-state index in [-0.39, 0.29) is 18.3 Å². The third kappa shape index (κ3) is 4.53. The van der Waals surface area contributed by atoms with Crippen LogP contribution in [0.25, 0.3) is 34.3 Å². The van der Waals surface area contributed by atoms with Gasteiger partial charge in [0.25, 0.3) is 5.56 Å². The van der Waals surface area contributed by atoms with Crippen LogP contribution in [-0.2, 0) is 20.1 Å². The number of H-pyrrole nitrogens is 2. The zero-order valence-electron chi connectivity index (χ0n) is 21.7. The molecule has 3 N–H and O–H groups in total. The summed E-state index contributed by atoms with van der Waals surface area (Å²) in [5.74, 6) is 1.06. The minimum absolute atomic E-state index is 0.0496. The Bertz CT molecular complexity index is 1530. The molecule has 12 heteroatoms. The summed E-state index contributed by atoms with van der Waals surface area (Å²) in [7, 11) is 3.84. The van der Waals surface area contributed by atoms with Crippen molar-refractivity contribution in [2.24, 2.45) is 7.05 Å². The summed E-state index contributed by atoms with van der Waals surface area (Å²) in [6.07, 6.45) is 3.60. The zero-order valence-corrected chi connectivity index (χ0v) is 21.7. The minimum atomic E-state index is -0.304. The van der Waals surface area contributed by atoms with Gasteiger partial charge in [-0.3, -0.25) is 19.5 Å². The van der Waals surface area contributed by atoms with E-state index in [9.17, 15) is 9.90 Å². The lowest BCUT2D eigenvalue weighted by atomic mass is 10.1. The number of aromatic amines is 2. The second kappa shape index (κ2) is 9.87. The lowest BCUT2D eigenvalue weighted by Crippen LogP contribution is -2.32. The molecule has 0 saturated heterocycles. The molecule has 5 heterocycles. The van der Waals surface area contributed by atoms with Crippen LogP contribution in [0.4, 0.5) is 0 Å². The van der Waals surface area contributed by atoms with Gasteiger partial charge in [-0.15, -0.1) is 5.10 Å². The summed E-state index contributed by atoms with van der Waals surface area (Å²) >= 11 is 0. The van der Waals surface area contributed by atoms with Gasteiger partial charge in [0.05, 0.1) is 53.7 Å². The number of rotatable bonds is 4. The molecule has 37 heavy (non-hydrogen) atoms. The first-order valence-corrected chi connectivity index (χ1v) is 12.3. The highest BCUT2D eigenvalue weighted by Gasteiger charge is 2.24. The average molecular weight is 509 g/mol. The van der Waals surface area contributed by atoms with Crippen molar-refractivity contribution in [3.63, 3.8) is 0 Å².